The van der Waals surface area contributed by atoms with Gasteiger partial charge in [0.2, 0.25) is 0 Å². The fourth-order valence-electron chi connectivity index (χ4n) is 1.75. The molecule has 2 fully saturated rings. The van der Waals surface area contributed by atoms with Crippen LogP contribution in [0.1, 0.15) is 25.7 Å². The van der Waals surface area contributed by atoms with Crippen molar-refractivity contribution in [2.75, 3.05) is 11.5 Å². The van der Waals surface area contributed by atoms with Gasteiger partial charge in [-0.2, -0.15) is 11.8 Å². The Morgan fingerprint density at radius 3 is 1.89 bits per heavy atom. The molecule has 1 saturated heterocycles. The smallest absolute Gasteiger partial charge is 0.00648 e. The van der Waals surface area contributed by atoms with Gasteiger partial charge in [0.15, 0.2) is 0 Å². The minimum atomic E-state index is 1.14. The second kappa shape index (κ2) is 2.53. The van der Waals surface area contributed by atoms with Gasteiger partial charge in [-0.1, -0.05) is 0 Å². The monoisotopic (exact) mass is 142 g/mol. The Morgan fingerprint density at radius 2 is 1.33 bits per heavy atom. The molecule has 0 amide bonds. The van der Waals surface area contributed by atoms with Crippen molar-refractivity contribution in [3.05, 3.63) is 0 Å². The summed E-state index contributed by atoms with van der Waals surface area (Å²) in [4.78, 5) is 0. The molecule has 0 aromatic heterocycles. The maximum atomic E-state index is 2.14. The van der Waals surface area contributed by atoms with E-state index in [1.165, 1.54) is 30.3 Å². The van der Waals surface area contributed by atoms with Crippen LogP contribution in [-0.2, 0) is 0 Å². The lowest BCUT2D eigenvalue weighted by molar-refractivity contribution is 0.431. The molecular formula is C8H14S. The molecule has 0 aromatic carbocycles. The van der Waals surface area contributed by atoms with Crippen LogP contribution in [0.25, 0.3) is 0 Å². The highest BCUT2D eigenvalue weighted by atomic mass is 32.2. The van der Waals surface area contributed by atoms with Crippen molar-refractivity contribution in [2.24, 2.45) is 11.8 Å². The molecule has 2 rings (SSSR count). The molecule has 1 heteroatoms. The standard InChI is InChI=1S/C8H14S/c1-2-7(1)8-3-5-9-6-4-8/h7-8H,1-6H2. The van der Waals surface area contributed by atoms with Crippen LogP contribution in [-0.4, -0.2) is 11.5 Å². The summed E-state index contributed by atoms with van der Waals surface area (Å²) in [5, 5.41) is 0. The Kier molecular flexibility index (Phi) is 1.71. The lowest BCUT2D eigenvalue weighted by Gasteiger charge is -2.20. The van der Waals surface area contributed by atoms with E-state index >= 15 is 0 Å². The molecule has 0 radical (unpaired) electrons. The van der Waals surface area contributed by atoms with Crippen molar-refractivity contribution < 1.29 is 0 Å². The number of hydrogen-bond acceptors (Lipinski definition) is 1. The molecule has 0 aromatic rings. The van der Waals surface area contributed by atoms with Gasteiger partial charge in [-0.15, -0.1) is 0 Å². The van der Waals surface area contributed by atoms with E-state index < -0.39 is 0 Å². The highest BCUT2D eigenvalue weighted by Crippen LogP contribution is 2.42. The van der Waals surface area contributed by atoms with Crippen molar-refractivity contribution >= 4 is 11.8 Å². The van der Waals surface area contributed by atoms with Crippen LogP contribution in [0.15, 0.2) is 0 Å². The molecule has 0 atom stereocenters. The summed E-state index contributed by atoms with van der Waals surface area (Å²) in [5.74, 6) is 5.21. The Labute approximate surface area is 61.4 Å². The molecule has 0 spiro atoms. The van der Waals surface area contributed by atoms with Gasteiger partial charge >= 0.3 is 0 Å². The maximum Gasteiger partial charge on any atom is -0.00648 e. The number of hydrogen-bond donors (Lipinski definition) is 0. The molecule has 1 aliphatic heterocycles. The summed E-state index contributed by atoms with van der Waals surface area (Å²) in [5.41, 5.74) is 0. The van der Waals surface area contributed by atoms with Crippen LogP contribution in [0.5, 0.6) is 0 Å². The van der Waals surface area contributed by atoms with Crippen molar-refractivity contribution in [3.8, 4) is 0 Å². The Bertz CT molecular complexity index is 90.7. The van der Waals surface area contributed by atoms with Crippen LogP contribution in [0.4, 0.5) is 0 Å². The number of rotatable bonds is 1. The first-order chi connectivity index (χ1) is 4.47. The topological polar surface area (TPSA) is 0 Å². The molecule has 0 unspecified atom stereocenters. The first-order valence-electron chi connectivity index (χ1n) is 4.04. The predicted octanol–water partition coefficient (Wildman–Crippen LogP) is 2.54. The summed E-state index contributed by atoms with van der Waals surface area (Å²) in [6, 6.07) is 0. The zero-order chi connectivity index (χ0) is 6.10. The van der Waals surface area contributed by atoms with Crippen LogP contribution in [0, 0.1) is 11.8 Å². The largest absolute Gasteiger partial charge is 0.162 e. The normalized spacial score (nSPS) is 30.7. The lowest BCUT2D eigenvalue weighted by Crippen LogP contribution is -2.10. The Hall–Kier alpha value is 0.350. The van der Waals surface area contributed by atoms with Gasteiger partial charge in [0.1, 0.15) is 0 Å². The maximum absolute atomic E-state index is 2.14. The summed E-state index contributed by atoms with van der Waals surface area (Å²) in [6.45, 7) is 0. The summed E-state index contributed by atoms with van der Waals surface area (Å²) >= 11 is 2.14. The van der Waals surface area contributed by atoms with Gasteiger partial charge in [0.25, 0.3) is 0 Å². The van der Waals surface area contributed by atoms with Crippen LogP contribution < -0.4 is 0 Å². The summed E-state index contributed by atoms with van der Waals surface area (Å²) in [6.07, 6.45) is 6.15. The van der Waals surface area contributed by atoms with Gasteiger partial charge in [-0.25, -0.2) is 0 Å². The van der Waals surface area contributed by atoms with Gasteiger partial charge in [0, 0.05) is 0 Å². The third-order valence-corrected chi connectivity index (χ3v) is 3.60. The second-order valence-electron chi connectivity index (χ2n) is 3.29. The molecular weight excluding hydrogens is 128 g/mol. The van der Waals surface area contributed by atoms with Gasteiger partial charge in [-0.05, 0) is 49.0 Å². The second-order valence-corrected chi connectivity index (χ2v) is 4.51. The highest BCUT2D eigenvalue weighted by molar-refractivity contribution is 7.99. The Morgan fingerprint density at radius 1 is 0.778 bits per heavy atom. The van der Waals surface area contributed by atoms with Crippen LogP contribution >= 0.6 is 11.8 Å². The van der Waals surface area contributed by atoms with Crippen LogP contribution in [0.2, 0.25) is 0 Å². The molecule has 1 saturated carbocycles. The molecule has 0 bridgehead atoms. The first kappa shape index (κ1) is 6.09. The van der Waals surface area contributed by atoms with E-state index in [-0.39, 0.29) is 0 Å². The van der Waals surface area contributed by atoms with Crippen molar-refractivity contribution in [1.29, 1.82) is 0 Å². The zero-order valence-corrected chi connectivity index (χ0v) is 6.62. The zero-order valence-electron chi connectivity index (χ0n) is 5.81. The van der Waals surface area contributed by atoms with Gasteiger partial charge < -0.3 is 0 Å². The fourth-order valence-corrected chi connectivity index (χ4v) is 2.90. The molecule has 52 valence electrons. The highest BCUT2D eigenvalue weighted by Gasteiger charge is 2.31. The van der Waals surface area contributed by atoms with E-state index in [1.807, 2.05) is 0 Å². The van der Waals surface area contributed by atoms with E-state index in [0.717, 1.165) is 5.92 Å². The molecule has 0 N–H and O–H groups in total. The first-order valence-corrected chi connectivity index (χ1v) is 5.20. The Balaban J connectivity index is 1.80. The van der Waals surface area contributed by atoms with E-state index in [1.54, 1.807) is 12.8 Å². The molecule has 1 heterocycles. The molecule has 9 heavy (non-hydrogen) atoms. The van der Waals surface area contributed by atoms with E-state index in [2.05, 4.69) is 11.8 Å². The van der Waals surface area contributed by atoms with E-state index in [4.69, 9.17) is 0 Å². The molecule has 2 aliphatic rings. The third kappa shape index (κ3) is 1.43. The average molecular weight is 142 g/mol. The molecule has 0 nitrogen and oxygen atoms in total. The van der Waals surface area contributed by atoms with Gasteiger partial charge in [-0.3, -0.25) is 0 Å². The average Bonchev–Trinajstić information content (AvgIpc) is 2.71. The summed E-state index contributed by atoms with van der Waals surface area (Å²) < 4.78 is 0. The fraction of sp³-hybridized carbons (Fsp3) is 1.00. The SMILES string of the molecule is C1CC(C2CC2)CCS1. The lowest BCUT2D eigenvalue weighted by atomic mass is 9.97. The van der Waals surface area contributed by atoms with Crippen molar-refractivity contribution in [1.82, 2.24) is 0 Å². The minimum Gasteiger partial charge on any atom is -0.162 e. The van der Waals surface area contributed by atoms with E-state index in [9.17, 15) is 0 Å². The van der Waals surface area contributed by atoms with Gasteiger partial charge in [0.05, 0.1) is 0 Å². The van der Waals surface area contributed by atoms with Crippen LogP contribution in [0.3, 0.4) is 0 Å². The molecule has 1 aliphatic carbocycles. The van der Waals surface area contributed by atoms with E-state index in [0.29, 0.717) is 0 Å². The predicted molar refractivity (Wildman–Crippen MR) is 42.8 cm³/mol. The summed E-state index contributed by atoms with van der Waals surface area (Å²) in [7, 11) is 0. The number of thioether (sulfide) groups is 1. The van der Waals surface area contributed by atoms with Crippen molar-refractivity contribution in [2.45, 2.75) is 25.7 Å². The third-order valence-electron chi connectivity index (χ3n) is 2.55. The van der Waals surface area contributed by atoms with Crippen molar-refractivity contribution in [3.63, 3.8) is 0 Å². The minimum absolute atomic E-state index is 1.14. The quantitative estimate of drug-likeness (QED) is 0.542.